The summed E-state index contributed by atoms with van der Waals surface area (Å²) in [5.41, 5.74) is 17.4. The molecule has 0 fully saturated rings. The Bertz CT molecular complexity index is 555. The highest BCUT2D eigenvalue weighted by Gasteiger charge is 2.11. The number of benzene rings is 1. The molecule has 0 aliphatic carbocycles. The lowest BCUT2D eigenvalue weighted by molar-refractivity contribution is 0.596. The minimum Gasteiger partial charge on any atom is -0.383 e. The molecule has 18 heavy (non-hydrogen) atoms. The molecule has 0 atom stereocenters. The van der Waals surface area contributed by atoms with Gasteiger partial charge in [0, 0.05) is 12.6 Å². The molecule has 0 amide bonds. The molecule has 0 saturated carbocycles. The third-order valence-electron chi connectivity index (χ3n) is 2.21. The van der Waals surface area contributed by atoms with Crippen LogP contribution in [0.1, 0.15) is 5.56 Å². The van der Waals surface area contributed by atoms with Gasteiger partial charge in [-0.25, -0.2) is 14.4 Å². The number of rotatable bonds is 3. The van der Waals surface area contributed by atoms with Crippen LogP contribution in [0.5, 0.6) is 0 Å². The minimum atomic E-state index is -0.368. The van der Waals surface area contributed by atoms with Crippen molar-refractivity contribution in [3.05, 3.63) is 35.6 Å². The van der Waals surface area contributed by atoms with Crippen LogP contribution in [0.4, 0.5) is 16.0 Å². The van der Waals surface area contributed by atoms with Gasteiger partial charge in [0.2, 0.25) is 0 Å². The summed E-state index contributed by atoms with van der Waals surface area (Å²) in [7, 11) is 0. The molecule has 6 N–H and O–H groups in total. The molecular weight excluding hydrogens is 253 g/mol. The topological polar surface area (TPSA) is 104 Å². The van der Waals surface area contributed by atoms with E-state index in [0.29, 0.717) is 15.6 Å². The van der Waals surface area contributed by atoms with Crippen LogP contribution in [-0.4, -0.2) is 9.97 Å². The van der Waals surface area contributed by atoms with E-state index in [2.05, 4.69) is 9.97 Å². The zero-order chi connectivity index (χ0) is 13.1. The summed E-state index contributed by atoms with van der Waals surface area (Å²) in [4.78, 5) is 8.37. The summed E-state index contributed by atoms with van der Waals surface area (Å²) in [6.07, 6.45) is 0. The smallest absolute Gasteiger partial charge is 0.196 e. The highest BCUT2D eigenvalue weighted by molar-refractivity contribution is 7.99. The monoisotopic (exact) mass is 265 g/mol. The standard InChI is InChI=1S/C11H12FN5S/c12-7-3-1-2-6(5-13)10(7)18-11-16-8(14)4-9(15)17-11/h1-4H,5,13H2,(H4,14,15,16,17). The van der Waals surface area contributed by atoms with Gasteiger partial charge < -0.3 is 17.2 Å². The van der Waals surface area contributed by atoms with Gasteiger partial charge in [0.15, 0.2) is 5.16 Å². The third-order valence-corrected chi connectivity index (χ3v) is 3.23. The largest absolute Gasteiger partial charge is 0.383 e. The molecule has 0 aliphatic rings. The first-order chi connectivity index (χ1) is 8.60. The van der Waals surface area contributed by atoms with Crippen LogP contribution in [0.15, 0.2) is 34.3 Å². The summed E-state index contributed by atoms with van der Waals surface area (Å²) in [5, 5.41) is 0.298. The van der Waals surface area contributed by atoms with Gasteiger partial charge in [-0.05, 0) is 23.4 Å². The average Bonchev–Trinajstić information content (AvgIpc) is 2.30. The van der Waals surface area contributed by atoms with E-state index in [1.54, 1.807) is 12.1 Å². The van der Waals surface area contributed by atoms with E-state index in [1.807, 2.05) is 0 Å². The van der Waals surface area contributed by atoms with E-state index in [-0.39, 0.29) is 24.0 Å². The summed E-state index contributed by atoms with van der Waals surface area (Å²) < 4.78 is 13.7. The van der Waals surface area contributed by atoms with Gasteiger partial charge >= 0.3 is 0 Å². The number of anilines is 2. The van der Waals surface area contributed by atoms with Crippen LogP contribution in [-0.2, 0) is 6.54 Å². The van der Waals surface area contributed by atoms with Crippen LogP contribution in [0, 0.1) is 5.82 Å². The first kappa shape index (κ1) is 12.6. The molecule has 2 aromatic rings. The molecule has 0 radical (unpaired) electrons. The fourth-order valence-electron chi connectivity index (χ4n) is 1.43. The number of halogens is 1. The van der Waals surface area contributed by atoms with E-state index in [1.165, 1.54) is 12.1 Å². The summed E-state index contributed by atoms with van der Waals surface area (Å²) in [6, 6.07) is 6.16. The lowest BCUT2D eigenvalue weighted by atomic mass is 10.2. The van der Waals surface area contributed by atoms with Gasteiger partial charge in [-0.1, -0.05) is 12.1 Å². The SMILES string of the molecule is NCc1cccc(F)c1Sc1nc(N)cc(N)n1. The molecule has 94 valence electrons. The first-order valence-electron chi connectivity index (χ1n) is 5.15. The van der Waals surface area contributed by atoms with Crippen LogP contribution < -0.4 is 17.2 Å². The fraction of sp³-hybridized carbons (Fsp3) is 0.0909. The summed E-state index contributed by atoms with van der Waals surface area (Å²) in [6.45, 7) is 0.234. The molecule has 0 unspecified atom stereocenters. The predicted molar refractivity (Wildman–Crippen MR) is 69.3 cm³/mol. The Balaban J connectivity index is 2.39. The number of aromatic nitrogens is 2. The molecule has 0 bridgehead atoms. The van der Waals surface area contributed by atoms with E-state index in [9.17, 15) is 4.39 Å². The van der Waals surface area contributed by atoms with Gasteiger partial charge in [0.05, 0.1) is 4.90 Å². The van der Waals surface area contributed by atoms with E-state index >= 15 is 0 Å². The molecular formula is C11H12FN5S. The number of hydrogen-bond donors (Lipinski definition) is 3. The highest BCUT2D eigenvalue weighted by Crippen LogP contribution is 2.31. The molecule has 1 aromatic carbocycles. The maximum absolute atomic E-state index is 13.7. The highest BCUT2D eigenvalue weighted by atomic mass is 32.2. The number of nitrogen functional groups attached to an aromatic ring is 2. The van der Waals surface area contributed by atoms with Gasteiger partial charge in [0.25, 0.3) is 0 Å². The third kappa shape index (κ3) is 2.69. The van der Waals surface area contributed by atoms with Gasteiger partial charge in [-0.15, -0.1) is 0 Å². The first-order valence-corrected chi connectivity index (χ1v) is 5.97. The quantitative estimate of drug-likeness (QED) is 0.724. The minimum absolute atomic E-state index is 0.234. The number of hydrogen-bond acceptors (Lipinski definition) is 6. The van der Waals surface area contributed by atoms with Gasteiger partial charge in [-0.2, -0.15) is 0 Å². The van der Waals surface area contributed by atoms with Crippen LogP contribution in [0.2, 0.25) is 0 Å². The normalized spacial score (nSPS) is 10.6. The Kier molecular flexibility index (Phi) is 3.63. The second-order valence-corrected chi connectivity index (χ2v) is 4.51. The maximum Gasteiger partial charge on any atom is 0.196 e. The number of nitrogens with zero attached hydrogens (tertiary/aromatic N) is 2. The van der Waals surface area contributed by atoms with Crippen molar-refractivity contribution in [3.8, 4) is 0 Å². The maximum atomic E-state index is 13.7. The van der Waals surface area contributed by atoms with Crippen LogP contribution >= 0.6 is 11.8 Å². The van der Waals surface area contributed by atoms with Crippen molar-refractivity contribution in [2.75, 3.05) is 11.5 Å². The van der Waals surface area contributed by atoms with E-state index < -0.39 is 0 Å². The molecule has 1 aromatic heterocycles. The van der Waals surface area contributed by atoms with Crippen molar-refractivity contribution >= 4 is 23.4 Å². The van der Waals surface area contributed by atoms with Crippen molar-refractivity contribution in [3.63, 3.8) is 0 Å². The van der Waals surface area contributed by atoms with Gasteiger partial charge in [-0.3, -0.25) is 0 Å². The van der Waals surface area contributed by atoms with Crippen molar-refractivity contribution in [2.24, 2.45) is 5.73 Å². The Morgan fingerprint density at radius 3 is 2.44 bits per heavy atom. The fourth-order valence-corrected chi connectivity index (χ4v) is 2.36. The summed E-state index contributed by atoms with van der Waals surface area (Å²) >= 11 is 1.06. The van der Waals surface area contributed by atoms with Crippen LogP contribution in [0.25, 0.3) is 0 Å². The van der Waals surface area contributed by atoms with E-state index in [4.69, 9.17) is 17.2 Å². The molecule has 5 nitrogen and oxygen atoms in total. The lowest BCUT2D eigenvalue weighted by Gasteiger charge is -2.08. The molecule has 0 aliphatic heterocycles. The second kappa shape index (κ2) is 5.19. The molecule has 7 heteroatoms. The molecule has 0 spiro atoms. The second-order valence-electron chi connectivity index (χ2n) is 3.53. The van der Waals surface area contributed by atoms with Crippen molar-refractivity contribution in [2.45, 2.75) is 16.6 Å². The van der Waals surface area contributed by atoms with Crippen molar-refractivity contribution < 1.29 is 4.39 Å². The average molecular weight is 265 g/mol. The van der Waals surface area contributed by atoms with Crippen molar-refractivity contribution in [1.29, 1.82) is 0 Å². The molecule has 2 rings (SSSR count). The lowest BCUT2D eigenvalue weighted by Crippen LogP contribution is -2.02. The Labute approximate surface area is 108 Å². The Morgan fingerprint density at radius 2 is 1.83 bits per heavy atom. The molecule has 0 saturated heterocycles. The summed E-state index contributed by atoms with van der Waals surface area (Å²) in [5.74, 6) is 0.124. The zero-order valence-electron chi connectivity index (χ0n) is 9.43. The Hall–Kier alpha value is -1.86. The van der Waals surface area contributed by atoms with Crippen molar-refractivity contribution in [1.82, 2.24) is 9.97 Å². The number of nitrogens with two attached hydrogens (primary N) is 3. The van der Waals surface area contributed by atoms with Gasteiger partial charge in [0.1, 0.15) is 17.5 Å². The zero-order valence-corrected chi connectivity index (χ0v) is 10.2. The van der Waals surface area contributed by atoms with Crippen LogP contribution in [0.3, 0.4) is 0 Å². The Morgan fingerprint density at radius 1 is 1.17 bits per heavy atom. The predicted octanol–water partition coefficient (Wildman–Crippen LogP) is 1.39. The van der Waals surface area contributed by atoms with E-state index in [0.717, 1.165) is 11.8 Å². The molecule has 1 heterocycles.